The molecule has 0 bridgehead atoms. The number of aromatic nitrogens is 1. The van der Waals surface area contributed by atoms with E-state index in [-0.39, 0.29) is 5.91 Å². The highest BCUT2D eigenvalue weighted by molar-refractivity contribution is 7.03. The van der Waals surface area contributed by atoms with Gasteiger partial charge in [-0.25, -0.2) is 0 Å². The van der Waals surface area contributed by atoms with Crippen LogP contribution in [0.1, 0.15) is 34.6 Å². The van der Waals surface area contributed by atoms with E-state index in [1.807, 2.05) is 29.3 Å². The Morgan fingerprint density at radius 1 is 1.29 bits per heavy atom. The van der Waals surface area contributed by atoms with E-state index < -0.39 is 0 Å². The molecule has 1 aliphatic rings. The molecule has 0 N–H and O–H groups in total. The summed E-state index contributed by atoms with van der Waals surface area (Å²) in [7, 11) is 1.69. The Kier molecular flexibility index (Phi) is 5.16. The lowest BCUT2D eigenvalue weighted by molar-refractivity contribution is 0.0581. The summed E-state index contributed by atoms with van der Waals surface area (Å²) < 4.78 is 9.52. The molecule has 1 atom stereocenters. The molecule has 1 fully saturated rings. The molecule has 0 aliphatic carbocycles. The van der Waals surface area contributed by atoms with E-state index in [4.69, 9.17) is 4.74 Å². The summed E-state index contributed by atoms with van der Waals surface area (Å²) in [6.45, 7) is 7.36. The highest BCUT2D eigenvalue weighted by atomic mass is 32.1. The Morgan fingerprint density at radius 2 is 2.04 bits per heavy atom. The maximum absolute atomic E-state index is 12.6. The minimum Gasteiger partial charge on any atom is -0.497 e. The van der Waals surface area contributed by atoms with E-state index in [9.17, 15) is 4.79 Å². The van der Waals surface area contributed by atoms with E-state index >= 15 is 0 Å². The van der Waals surface area contributed by atoms with Crippen molar-refractivity contribution in [3.63, 3.8) is 0 Å². The Balaban J connectivity index is 1.62. The SMILES string of the molecule is COc1cccc([C@@H](C)N2CCN(C(=O)c3csnc3C)CC2)c1. The van der Waals surface area contributed by atoms with Crippen LogP contribution in [-0.2, 0) is 0 Å². The van der Waals surface area contributed by atoms with E-state index in [0.29, 0.717) is 6.04 Å². The predicted octanol–water partition coefficient (Wildman–Crippen LogP) is 2.98. The maximum atomic E-state index is 12.6. The molecule has 1 saturated heterocycles. The number of ether oxygens (including phenoxy) is 1. The Morgan fingerprint density at radius 3 is 2.67 bits per heavy atom. The van der Waals surface area contributed by atoms with Crippen molar-refractivity contribution in [1.82, 2.24) is 14.2 Å². The van der Waals surface area contributed by atoms with Crippen molar-refractivity contribution in [2.45, 2.75) is 19.9 Å². The minimum atomic E-state index is 0.106. The molecule has 24 heavy (non-hydrogen) atoms. The maximum Gasteiger partial charge on any atom is 0.256 e. The Hall–Kier alpha value is -1.92. The van der Waals surface area contributed by atoms with E-state index in [2.05, 4.69) is 28.3 Å². The number of aryl methyl sites for hydroxylation is 1. The largest absolute Gasteiger partial charge is 0.497 e. The van der Waals surface area contributed by atoms with Crippen molar-refractivity contribution in [3.8, 4) is 5.75 Å². The average molecular weight is 345 g/mol. The number of methoxy groups -OCH3 is 1. The standard InChI is InChI=1S/C18H23N3O2S/c1-13-17(12-24-19-13)18(22)21-9-7-20(8-10-21)14(2)15-5-4-6-16(11-15)23-3/h4-6,11-12,14H,7-10H2,1-3H3/t14-/m1/s1. The van der Waals surface area contributed by atoms with Crippen LogP contribution in [0.3, 0.4) is 0 Å². The van der Waals surface area contributed by atoms with E-state index in [0.717, 1.165) is 43.2 Å². The van der Waals surface area contributed by atoms with Crippen LogP contribution in [0.25, 0.3) is 0 Å². The van der Waals surface area contributed by atoms with Crippen molar-refractivity contribution in [2.75, 3.05) is 33.3 Å². The zero-order valence-corrected chi connectivity index (χ0v) is 15.2. The van der Waals surface area contributed by atoms with Crippen LogP contribution in [-0.4, -0.2) is 53.4 Å². The zero-order chi connectivity index (χ0) is 17.1. The molecular formula is C18H23N3O2S. The number of benzene rings is 1. The predicted molar refractivity (Wildman–Crippen MR) is 95.7 cm³/mol. The highest BCUT2D eigenvalue weighted by Gasteiger charge is 2.26. The first-order valence-electron chi connectivity index (χ1n) is 8.18. The molecule has 0 saturated carbocycles. The van der Waals surface area contributed by atoms with Crippen molar-refractivity contribution < 1.29 is 9.53 Å². The normalized spacial score (nSPS) is 16.9. The summed E-state index contributed by atoms with van der Waals surface area (Å²) in [5, 5.41) is 1.85. The van der Waals surface area contributed by atoms with Gasteiger partial charge in [-0.3, -0.25) is 9.69 Å². The summed E-state index contributed by atoms with van der Waals surface area (Å²) in [4.78, 5) is 16.9. The lowest BCUT2D eigenvalue weighted by Gasteiger charge is -2.38. The molecule has 1 amide bonds. The molecule has 1 aromatic heterocycles. The average Bonchev–Trinajstić information content (AvgIpc) is 3.06. The molecule has 0 spiro atoms. The number of piperazine rings is 1. The van der Waals surface area contributed by atoms with Crippen LogP contribution in [0.2, 0.25) is 0 Å². The second-order valence-corrected chi connectivity index (χ2v) is 6.72. The number of carbonyl (C=O) groups excluding carboxylic acids is 1. The monoisotopic (exact) mass is 345 g/mol. The molecule has 5 nitrogen and oxygen atoms in total. The Labute approximate surface area is 147 Å². The van der Waals surface area contributed by atoms with Gasteiger partial charge < -0.3 is 9.64 Å². The van der Waals surface area contributed by atoms with E-state index in [1.54, 1.807) is 7.11 Å². The van der Waals surface area contributed by atoms with Gasteiger partial charge in [-0.05, 0) is 43.1 Å². The first kappa shape index (κ1) is 16.9. The van der Waals surface area contributed by atoms with Crippen LogP contribution in [0.5, 0.6) is 5.75 Å². The molecule has 1 aromatic carbocycles. The number of amides is 1. The highest BCUT2D eigenvalue weighted by Crippen LogP contribution is 2.25. The third-order valence-corrected chi connectivity index (χ3v) is 5.43. The fourth-order valence-corrected chi connectivity index (χ4v) is 3.78. The van der Waals surface area contributed by atoms with Gasteiger partial charge in [0.25, 0.3) is 5.91 Å². The lowest BCUT2D eigenvalue weighted by Crippen LogP contribution is -2.49. The van der Waals surface area contributed by atoms with Gasteiger partial charge in [0.05, 0.1) is 18.4 Å². The first-order valence-corrected chi connectivity index (χ1v) is 9.02. The van der Waals surface area contributed by atoms with Crippen molar-refractivity contribution in [2.24, 2.45) is 0 Å². The van der Waals surface area contributed by atoms with Gasteiger partial charge in [0.15, 0.2) is 0 Å². The van der Waals surface area contributed by atoms with Crippen LogP contribution >= 0.6 is 11.5 Å². The third-order valence-electron chi connectivity index (χ3n) is 4.71. The molecule has 3 rings (SSSR count). The second kappa shape index (κ2) is 7.32. The molecular weight excluding hydrogens is 322 g/mol. The van der Waals surface area contributed by atoms with E-state index in [1.165, 1.54) is 17.1 Å². The lowest BCUT2D eigenvalue weighted by atomic mass is 10.1. The molecule has 1 aliphatic heterocycles. The summed E-state index contributed by atoms with van der Waals surface area (Å²) >= 11 is 1.34. The summed E-state index contributed by atoms with van der Waals surface area (Å²) in [6, 6.07) is 8.51. The summed E-state index contributed by atoms with van der Waals surface area (Å²) in [5.74, 6) is 0.989. The van der Waals surface area contributed by atoms with Gasteiger partial charge in [-0.1, -0.05) is 12.1 Å². The topological polar surface area (TPSA) is 45.7 Å². The van der Waals surface area contributed by atoms with Gasteiger partial charge in [0.2, 0.25) is 0 Å². The van der Waals surface area contributed by atoms with Gasteiger partial charge in [-0.15, -0.1) is 0 Å². The van der Waals surface area contributed by atoms with Gasteiger partial charge >= 0.3 is 0 Å². The van der Waals surface area contributed by atoms with Crippen LogP contribution in [0.4, 0.5) is 0 Å². The summed E-state index contributed by atoms with van der Waals surface area (Å²) in [6.07, 6.45) is 0. The van der Waals surface area contributed by atoms with Crippen LogP contribution < -0.4 is 4.74 Å². The van der Waals surface area contributed by atoms with Gasteiger partial charge in [0.1, 0.15) is 5.75 Å². The third kappa shape index (κ3) is 3.44. The molecule has 0 radical (unpaired) electrons. The van der Waals surface area contributed by atoms with Gasteiger partial charge in [-0.2, -0.15) is 4.37 Å². The molecule has 2 aromatic rings. The van der Waals surface area contributed by atoms with Crippen LogP contribution in [0, 0.1) is 6.92 Å². The quantitative estimate of drug-likeness (QED) is 0.855. The second-order valence-electron chi connectivity index (χ2n) is 6.09. The molecule has 128 valence electrons. The van der Waals surface area contributed by atoms with Crippen molar-refractivity contribution in [1.29, 1.82) is 0 Å². The number of carbonyl (C=O) groups is 1. The molecule has 6 heteroatoms. The smallest absolute Gasteiger partial charge is 0.256 e. The number of hydrogen-bond donors (Lipinski definition) is 0. The Bertz CT molecular complexity index is 708. The summed E-state index contributed by atoms with van der Waals surface area (Å²) in [5.41, 5.74) is 2.82. The fourth-order valence-electron chi connectivity index (χ4n) is 3.09. The van der Waals surface area contributed by atoms with Crippen molar-refractivity contribution in [3.05, 3.63) is 46.5 Å². The number of hydrogen-bond acceptors (Lipinski definition) is 5. The fraction of sp³-hybridized carbons (Fsp3) is 0.444. The van der Waals surface area contributed by atoms with Crippen LogP contribution in [0.15, 0.2) is 29.6 Å². The van der Waals surface area contributed by atoms with Crippen molar-refractivity contribution >= 4 is 17.4 Å². The zero-order valence-electron chi connectivity index (χ0n) is 14.4. The molecule has 0 unspecified atom stereocenters. The number of nitrogens with zero attached hydrogens (tertiary/aromatic N) is 3. The molecule has 2 heterocycles. The number of rotatable bonds is 4. The van der Waals surface area contributed by atoms with Gasteiger partial charge in [0, 0.05) is 37.6 Å². The minimum absolute atomic E-state index is 0.106. The first-order chi connectivity index (χ1) is 11.6.